The number of hydrogen-bond donors (Lipinski definition) is 2. The summed E-state index contributed by atoms with van der Waals surface area (Å²) >= 11 is 0. The first-order valence-electron chi connectivity index (χ1n) is 4.67. The molecule has 2 N–H and O–H groups in total. The summed E-state index contributed by atoms with van der Waals surface area (Å²) in [5.74, 6) is -0.561. The molecule has 0 saturated carbocycles. The molecule has 5 nitrogen and oxygen atoms in total. The van der Waals surface area contributed by atoms with Crippen molar-refractivity contribution in [2.45, 2.75) is 6.92 Å². The fourth-order valence-electron chi connectivity index (χ4n) is 1.22. The highest BCUT2D eigenvalue weighted by molar-refractivity contribution is 6.59. The molecule has 0 aliphatic rings. The Morgan fingerprint density at radius 3 is 2.75 bits per heavy atom. The summed E-state index contributed by atoms with van der Waals surface area (Å²) < 4.78 is 4.75. The maximum absolute atomic E-state index is 11.4. The number of benzene rings is 1. The fourth-order valence-corrected chi connectivity index (χ4v) is 1.22. The highest BCUT2D eigenvalue weighted by atomic mass is 16.5. The minimum absolute atomic E-state index is 0.00643. The van der Waals surface area contributed by atoms with E-state index in [0.717, 1.165) is 0 Å². The van der Waals surface area contributed by atoms with E-state index in [2.05, 4.69) is 0 Å². The van der Waals surface area contributed by atoms with Crippen molar-refractivity contribution in [1.82, 2.24) is 0 Å². The Morgan fingerprint density at radius 1 is 1.56 bits per heavy atom. The predicted octanol–water partition coefficient (Wildman–Crippen LogP) is -0.585. The third-order valence-corrected chi connectivity index (χ3v) is 1.96. The smallest absolute Gasteiger partial charge is 0.462 e. The third kappa shape index (κ3) is 2.60. The second kappa shape index (κ2) is 5.30. The van der Waals surface area contributed by atoms with Crippen LogP contribution in [0.5, 0.6) is 0 Å². The van der Waals surface area contributed by atoms with Crippen molar-refractivity contribution in [3.63, 3.8) is 0 Å². The van der Waals surface area contributed by atoms with Crippen LogP contribution in [0.3, 0.4) is 0 Å². The second-order valence-corrected chi connectivity index (χ2v) is 3.01. The van der Waals surface area contributed by atoms with E-state index < -0.39 is 13.1 Å². The first kappa shape index (κ1) is 12.2. The first-order chi connectivity index (χ1) is 7.60. The number of rotatable bonds is 3. The Kier molecular flexibility index (Phi) is 4.06. The molecule has 6 heteroatoms. The Morgan fingerprint density at radius 2 is 2.25 bits per heavy atom. The second-order valence-electron chi connectivity index (χ2n) is 3.01. The van der Waals surface area contributed by atoms with Gasteiger partial charge in [0.1, 0.15) is 0 Å². The van der Waals surface area contributed by atoms with Crippen LogP contribution in [0.2, 0.25) is 0 Å². The Balaban J connectivity index is 3.13. The number of ether oxygens (including phenoxy) is 1. The molecule has 16 heavy (non-hydrogen) atoms. The van der Waals surface area contributed by atoms with Crippen LogP contribution in [0.1, 0.15) is 22.8 Å². The Labute approximate surface area is 93.0 Å². The van der Waals surface area contributed by atoms with Gasteiger partial charge in [-0.3, -0.25) is 0 Å². The monoisotopic (exact) mass is 219 g/mol. The van der Waals surface area contributed by atoms with E-state index in [1.807, 2.05) is 0 Å². The zero-order chi connectivity index (χ0) is 12.1. The van der Waals surface area contributed by atoms with E-state index in [-0.39, 0.29) is 23.2 Å². The Bertz CT molecular complexity index is 439. The molecule has 0 atom stereocenters. The van der Waals surface area contributed by atoms with Crippen LogP contribution < -0.4 is 5.46 Å². The van der Waals surface area contributed by atoms with Crippen molar-refractivity contribution in [1.29, 1.82) is 5.26 Å². The molecule has 0 bridgehead atoms. The van der Waals surface area contributed by atoms with Gasteiger partial charge in [0.25, 0.3) is 0 Å². The van der Waals surface area contributed by atoms with Crippen molar-refractivity contribution in [2.24, 2.45) is 0 Å². The minimum atomic E-state index is -1.79. The van der Waals surface area contributed by atoms with Crippen LogP contribution in [-0.2, 0) is 4.74 Å². The highest BCUT2D eigenvalue weighted by Gasteiger charge is 2.18. The van der Waals surface area contributed by atoms with Gasteiger partial charge < -0.3 is 14.8 Å². The molecule has 1 aromatic carbocycles. The van der Waals surface area contributed by atoms with E-state index in [1.54, 1.807) is 13.0 Å². The van der Waals surface area contributed by atoms with Crippen LogP contribution in [0, 0.1) is 11.3 Å². The van der Waals surface area contributed by atoms with E-state index in [4.69, 9.17) is 20.0 Å². The number of esters is 1. The Hall–Kier alpha value is -1.84. The third-order valence-electron chi connectivity index (χ3n) is 1.96. The maximum Gasteiger partial charge on any atom is 0.489 e. The van der Waals surface area contributed by atoms with Gasteiger partial charge in [0.15, 0.2) is 0 Å². The van der Waals surface area contributed by atoms with E-state index >= 15 is 0 Å². The summed E-state index contributed by atoms with van der Waals surface area (Å²) in [6, 6.07) is 5.79. The van der Waals surface area contributed by atoms with Gasteiger partial charge in [-0.15, -0.1) is 0 Å². The zero-order valence-electron chi connectivity index (χ0n) is 8.67. The number of nitrogens with zero attached hydrogens (tertiary/aromatic N) is 1. The predicted molar refractivity (Wildman–Crippen MR) is 56.9 cm³/mol. The molecule has 0 aromatic heterocycles. The quantitative estimate of drug-likeness (QED) is 0.524. The largest absolute Gasteiger partial charge is 0.489 e. The number of nitriles is 1. The summed E-state index contributed by atoms with van der Waals surface area (Å²) in [5, 5.41) is 26.8. The molecule has 0 heterocycles. The van der Waals surface area contributed by atoms with Crippen molar-refractivity contribution < 1.29 is 19.6 Å². The SMILES string of the molecule is CCOC(=O)c1ccc(C#N)c(B(O)O)c1. The average Bonchev–Trinajstić information content (AvgIpc) is 2.28. The molecule has 0 radical (unpaired) electrons. The van der Waals surface area contributed by atoms with Gasteiger partial charge >= 0.3 is 13.1 Å². The lowest BCUT2D eigenvalue weighted by atomic mass is 9.76. The van der Waals surface area contributed by atoms with Crippen LogP contribution in [-0.4, -0.2) is 29.7 Å². The van der Waals surface area contributed by atoms with Crippen molar-refractivity contribution in [3.05, 3.63) is 29.3 Å². The van der Waals surface area contributed by atoms with Crippen LogP contribution in [0.25, 0.3) is 0 Å². The zero-order valence-corrected chi connectivity index (χ0v) is 8.67. The van der Waals surface area contributed by atoms with Crippen LogP contribution in [0.15, 0.2) is 18.2 Å². The average molecular weight is 219 g/mol. The molecule has 0 unspecified atom stereocenters. The maximum atomic E-state index is 11.4. The number of carbonyl (C=O) groups is 1. The molecule has 1 rings (SSSR count). The number of hydrogen-bond acceptors (Lipinski definition) is 5. The van der Waals surface area contributed by atoms with E-state index in [1.165, 1.54) is 18.2 Å². The molecule has 0 aliphatic carbocycles. The van der Waals surface area contributed by atoms with Crippen molar-refractivity contribution >= 4 is 18.6 Å². The van der Waals surface area contributed by atoms with E-state index in [0.29, 0.717) is 0 Å². The van der Waals surface area contributed by atoms with Gasteiger partial charge in [0.05, 0.1) is 23.8 Å². The molecule has 0 aliphatic heterocycles. The van der Waals surface area contributed by atoms with Gasteiger partial charge in [-0.1, -0.05) is 0 Å². The van der Waals surface area contributed by atoms with E-state index in [9.17, 15) is 4.79 Å². The van der Waals surface area contributed by atoms with Gasteiger partial charge in [-0.05, 0) is 25.1 Å². The molecule has 0 amide bonds. The lowest BCUT2D eigenvalue weighted by Gasteiger charge is -2.06. The summed E-state index contributed by atoms with van der Waals surface area (Å²) in [5.41, 5.74) is 0.292. The molecule has 1 aromatic rings. The summed E-state index contributed by atoms with van der Waals surface area (Å²) in [7, 11) is -1.79. The summed E-state index contributed by atoms with van der Waals surface area (Å²) in [6.07, 6.45) is 0. The van der Waals surface area contributed by atoms with Gasteiger partial charge in [-0.25, -0.2) is 4.79 Å². The lowest BCUT2D eigenvalue weighted by Crippen LogP contribution is -2.33. The normalized spacial score (nSPS) is 9.38. The van der Waals surface area contributed by atoms with Crippen LogP contribution in [0.4, 0.5) is 0 Å². The van der Waals surface area contributed by atoms with Crippen molar-refractivity contribution in [3.8, 4) is 6.07 Å². The fraction of sp³-hybridized carbons (Fsp3) is 0.200. The van der Waals surface area contributed by atoms with Crippen LogP contribution >= 0.6 is 0 Å². The molecule has 0 spiro atoms. The highest BCUT2D eigenvalue weighted by Crippen LogP contribution is 2.04. The molecule has 0 saturated heterocycles. The molecule has 82 valence electrons. The first-order valence-corrected chi connectivity index (χ1v) is 4.67. The summed E-state index contributed by atoms with van der Waals surface area (Å²) in [6.45, 7) is 1.90. The van der Waals surface area contributed by atoms with Gasteiger partial charge in [0, 0.05) is 5.46 Å². The summed E-state index contributed by atoms with van der Waals surface area (Å²) in [4.78, 5) is 11.4. The van der Waals surface area contributed by atoms with Gasteiger partial charge in [-0.2, -0.15) is 5.26 Å². The molecule has 0 fully saturated rings. The molecular weight excluding hydrogens is 209 g/mol. The number of carbonyl (C=O) groups excluding carboxylic acids is 1. The minimum Gasteiger partial charge on any atom is -0.462 e. The standard InChI is InChI=1S/C10H10BNO4/c1-2-16-10(13)7-3-4-8(6-12)9(5-7)11(14)15/h3-5,14-15H,2H2,1H3. The van der Waals surface area contributed by atoms with Crippen molar-refractivity contribution in [2.75, 3.05) is 6.61 Å². The topological polar surface area (TPSA) is 90.6 Å². The lowest BCUT2D eigenvalue weighted by molar-refractivity contribution is 0.0526. The molecular formula is C10H10BNO4. The van der Waals surface area contributed by atoms with Gasteiger partial charge in [0.2, 0.25) is 0 Å².